The zero-order valence-electron chi connectivity index (χ0n) is 8.72. The van der Waals surface area contributed by atoms with Crippen molar-refractivity contribution in [3.05, 3.63) is 41.7 Å². The van der Waals surface area contributed by atoms with Gasteiger partial charge in [-0.3, -0.25) is 4.98 Å². The predicted molar refractivity (Wildman–Crippen MR) is 72.3 cm³/mol. The van der Waals surface area contributed by atoms with Crippen LogP contribution in [0.3, 0.4) is 0 Å². The molecule has 0 amide bonds. The summed E-state index contributed by atoms with van der Waals surface area (Å²) in [5.74, 6) is 0. The Kier molecular flexibility index (Phi) is 2.46. The number of thiazole rings is 1. The molecule has 0 fully saturated rings. The van der Waals surface area contributed by atoms with Crippen molar-refractivity contribution in [1.29, 1.82) is 0 Å². The molecule has 2 N–H and O–H groups in total. The Hall–Kier alpha value is -1.65. The summed E-state index contributed by atoms with van der Waals surface area (Å²) >= 11 is 7.56. The van der Waals surface area contributed by atoms with Gasteiger partial charge in [0.05, 0.1) is 10.9 Å². The van der Waals surface area contributed by atoms with E-state index in [1.807, 2.05) is 12.1 Å². The van der Waals surface area contributed by atoms with Crippen LogP contribution in [0.1, 0.15) is 0 Å². The highest BCUT2D eigenvalue weighted by Crippen LogP contribution is 2.34. The number of anilines is 1. The molecule has 0 aliphatic heterocycles. The van der Waals surface area contributed by atoms with Gasteiger partial charge < -0.3 is 5.73 Å². The number of rotatable bonds is 1. The zero-order valence-corrected chi connectivity index (χ0v) is 10.3. The Labute approximate surface area is 107 Å². The standard InChI is InChI=1S/C12H8ClN3S/c13-7-1-2-9(14)8(5-7)12-16-10-6-15-4-3-11(10)17-12/h1-6H,14H2. The summed E-state index contributed by atoms with van der Waals surface area (Å²) in [6, 6.07) is 7.34. The van der Waals surface area contributed by atoms with Crippen molar-refractivity contribution in [3.63, 3.8) is 0 Å². The van der Waals surface area contributed by atoms with Crippen molar-refractivity contribution in [1.82, 2.24) is 9.97 Å². The summed E-state index contributed by atoms with van der Waals surface area (Å²) in [5.41, 5.74) is 8.37. The second-order valence-electron chi connectivity index (χ2n) is 3.59. The van der Waals surface area contributed by atoms with E-state index in [9.17, 15) is 0 Å². The Morgan fingerprint density at radius 3 is 2.94 bits per heavy atom. The molecule has 0 unspecified atom stereocenters. The lowest BCUT2D eigenvalue weighted by molar-refractivity contribution is 1.34. The second kappa shape index (κ2) is 3.98. The Morgan fingerprint density at radius 2 is 2.12 bits per heavy atom. The summed E-state index contributed by atoms with van der Waals surface area (Å²) in [4.78, 5) is 8.55. The average molecular weight is 262 g/mol. The van der Waals surface area contributed by atoms with Gasteiger partial charge in [-0.2, -0.15) is 0 Å². The minimum absolute atomic E-state index is 0.659. The molecular formula is C12H8ClN3S. The highest BCUT2D eigenvalue weighted by molar-refractivity contribution is 7.21. The molecular weight excluding hydrogens is 254 g/mol. The van der Waals surface area contributed by atoms with Gasteiger partial charge in [0, 0.05) is 22.5 Å². The molecule has 2 aromatic heterocycles. The van der Waals surface area contributed by atoms with Crippen molar-refractivity contribution in [2.24, 2.45) is 0 Å². The van der Waals surface area contributed by atoms with Crippen molar-refractivity contribution in [2.75, 3.05) is 5.73 Å². The molecule has 0 aliphatic carbocycles. The lowest BCUT2D eigenvalue weighted by atomic mass is 10.2. The Balaban J connectivity index is 2.23. The highest BCUT2D eigenvalue weighted by atomic mass is 35.5. The quantitative estimate of drug-likeness (QED) is 0.681. The van der Waals surface area contributed by atoms with E-state index in [1.165, 1.54) is 0 Å². The van der Waals surface area contributed by atoms with Crippen LogP contribution in [0.2, 0.25) is 5.02 Å². The molecule has 2 heterocycles. The molecule has 0 spiro atoms. The second-order valence-corrected chi connectivity index (χ2v) is 5.06. The number of benzene rings is 1. The van der Waals surface area contributed by atoms with Crippen LogP contribution < -0.4 is 5.73 Å². The summed E-state index contributed by atoms with van der Waals surface area (Å²) in [6.07, 6.45) is 3.50. The number of pyridine rings is 1. The van der Waals surface area contributed by atoms with E-state index < -0.39 is 0 Å². The summed E-state index contributed by atoms with van der Waals surface area (Å²) < 4.78 is 1.09. The largest absolute Gasteiger partial charge is 0.398 e. The van der Waals surface area contributed by atoms with Gasteiger partial charge in [0.2, 0.25) is 0 Å². The van der Waals surface area contributed by atoms with Gasteiger partial charge in [-0.05, 0) is 24.3 Å². The first kappa shape index (κ1) is 10.5. The van der Waals surface area contributed by atoms with Crippen LogP contribution >= 0.6 is 22.9 Å². The van der Waals surface area contributed by atoms with Crippen LogP contribution in [0.5, 0.6) is 0 Å². The molecule has 0 bridgehead atoms. The third-order valence-corrected chi connectivity index (χ3v) is 3.74. The van der Waals surface area contributed by atoms with E-state index in [2.05, 4.69) is 9.97 Å². The monoisotopic (exact) mass is 261 g/mol. The van der Waals surface area contributed by atoms with Crippen LogP contribution in [-0.4, -0.2) is 9.97 Å². The van der Waals surface area contributed by atoms with Crippen molar-refractivity contribution >= 4 is 38.8 Å². The van der Waals surface area contributed by atoms with Gasteiger partial charge >= 0.3 is 0 Å². The molecule has 3 nitrogen and oxygen atoms in total. The molecule has 5 heteroatoms. The molecule has 0 atom stereocenters. The van der Waals surface area contributed by atoms with Crippen LogP contribution in [-0.2, 0) is 0 Å². The molecule has 0 radical (unpaired) electrons. The van der Waals surface area contributed by atoms with E-state index in [0.717, 1.165) is 20.8 Å². The van der Waals surface area contributed by atoms with Gasteiger partial charge in [-0.25, -0.2) is 4.98 Å². The molecule has 1 aromatic carbocycles. The van der Waals surface area contributed by atoms with Crippen molar-refractivity contribution < 1.29 is 0 Å². The number of nitrogen functional groups attached to an aromatic ring is 1. The lowest BCUT2D eigenvalue weighted by Crippen LogP contribution is -1.88. The predicted octanol–water partition coefficient (Wildman–Crippen LogP) is 3.59. The first-order chi connectivity index (χ1) is 8.24. The first-order valence-corrected chi connectivity index (χ1v) is 6.19. The number of nitrogens with two attached hydrogens (primary N) is 1. The third-order valence-electron chi connectivity index (χ3n) is 2.44. The Morgan fingerprint density at radius 1 is 1.24 bits per heavy atom. The highest BCUT2D eigenvalue weighted by Gasteiger charge is 2.09. The van der Waals surface area contributed by atoms with Crippen LogP contribution in [0, 0.1) is 0 Å². The number of halogens is 1. The van der Waals surface area contributed by atoms with E-state index in [1.54, 1.807) is 35.9 Å². The molecule has 0 saturated heterocycles. The smallest absolute Gasteiger partial charge is 0.126 e. The third kappa shape index (κ3) is 1.85. The minimum Gasteiger partial charge on any atom is -0.398 e. The van der Waals surface area contributed by atoms with Gasteiger partial charge in [-0.1, -0.05) is 11.6 Å². The number of aromatic nitrogens is 2. The van der Waals surface area contributed by atoms with Crippen LogP contribution in [0.15, 0.2) is 36.7 Å². The molecule has 84 valence electrons. The fourth-order valence-corrected chi connectivity index (χ4v) is 2.75. The van der Waals surface area contributed by atoms with Crippen LogP contribution in [0.4, 0.5) is 5.69 Å². The van der Waals surface area contributed by atoms with E-state index in [0.29, 0.717) is 10.7 Å². The summed E-state index contributed by atoms with van der Waals surface area (Å²) in [7, 11) is 0. The molecule has 0 aliphatic rings. The normalized spacial score (nSPS) is 10.9. The van der Waals surface area contributed by atoms with Crippen molar-refractivity contribution in [3.8, 4) is 10.6 Å². The van der Waals surface area contributed by atoms with Gasteiger partial charge in [0.15, 0.2) is 0 Å². The zero-order chi connectivity index (χ0) is 11.8. The molecule has 17 heavy (non-hydrogen) atoms. The number of hydrogen-bond acceptors (Lipinski definition) is 4. The topological polar surface area (TPSA) is 51.8 Å². The van der Waals surface area contributed by atoms with Crippen LogP contribution in [0.25, 0.3) is 20.8 Å². The molecule has 3 aromatic rings. The van der Waals surface area contributed by atoms with E-state index in [4.69, 9.17) is 17.3 Å². The van der Waals surface area contributed by atoms with E-state index in [-0.39, 0.29) is 0 Å². The molecule has 3 rings (SSSR count). The summed E-state index contributed by atoms with van der Waals surface area (Å²) in [5, 5.41) is 1.53. The van der Waals surface area contributed by atoms with Gasteiger partial charge in [0.1, 0.15) is 10.5 Å². The fraction of sp³-hybridized carbons (Fsp3) is 0. The first-order valence-electron chi connectivity index (χ1n) is 5.00. The van der Waals surface area contributed by atoms with Gasteiger partial charge in [0.25, 0.3) is 0 Å². The fourth-order valence-electron chi connectivity index (χ4n) is 1.61. The number of hydrogen-bond donors (Lipinski definition) is 1. The number of nitrogens with zero attached hydrogens (tertiary/aromatic N) is 2. The van der Waals surface area contributed by atoms with Crippen molar-refractivity contribution in [2.45, 2.75) is 0 Å². The Bertz CT molecular complexity index is 660. The summed E-state index contributed by atoms with van der Waals surface area (Å²) in [6.45, 7) is 0. The minimum atomic E-state index is 0.659. The maximum absolute atomic E-state index is 5.97. The SMILES string of the molecule is Nc1ccc(Cl)cc1-c1nc2cnccc2s1. The average Bonchev–Trinajstić information content (AvgIpc) is 2.75. The van der Waals surface area contributed by atoms with Gasteiger partial charge in [-0.15, -0.1) is 11.3 Å². The molecule has 0 saturated carbocycles. The van der Waals surface area contributed by atoms with E-state index >= 15 is 0 Å². The maximum Gasteiger partial charge on any atom is 0.126 e. The number of fused-ring (bicyclic) bond motifs is 1. The lowest BCUT2D eigenvalue weighted by Gasteiger charge is -2.01. The maximum atomic E-state index is 5.97.